The summed E-state index contributed by atoms with van der Waals surface area (Å²) in [5, 5.41) is 6.96. The van der Waals surface area contributed by atoms with Crippen LogP contribution in [0.3, 0.4) is 0 Å². The van der Waals surface area contributed by atoms with Crippen LogP contribution < -0.4 is 10.6 Å². The first kappa shape index (κ1) is 21.8. The standard InChI is InChI=1S/C26H29ClN2O2S/c1-16-6-7-20(11-22(16)27)28-25(31)21-4-2-3-5-23(21)32-15-24(30)29-26-12-17-8-18(13-26)10-19(9-17)14-26/h2-7,11,17-19H,8-10,12-15H2,1H3,(H,28,31)(H,29,30). The number of hydrogen-bond acceptors (Lipinski definition) is 3. The molecule has 6 heteroatoms. The maximum absolute atomic E-state index is 12.9. The van der Waals surface area contributed by atoms with Crippen LogP contribution in [0.15, 0.2) is 47.4 Å². The molecule has 0 spiro atoms. The maximum atomic E-state index is 12.9. The molecule has 2 amide bonds. The van der Waals surface area contributed by atoms with Crippen molar-refractivity contribution in [2.24, 2.45) is 17.8 Å². The molecule has 2 N–H and O–H groups in total. The molecule has 4 fully saturated rings. The van der Waals surface area contributed by atoms with Gasteiger partial charge in [0.2, 0.25) is 5.91 Å². The number of nitrogens with one attached hydrogen (secondary N) is 2. The average molecular weight is 469 g/mol. The fourth-order valence-corrected chi connectivity index (χ4v) is 7.42. The van der Waals surface area contributed by atoms with Gasteiger partial charge in [-0.05, 0) is 93.0 Å². The van der Waals surface area contributed by atoms with E-state index < -0.39 is 0 Å². The lowest BCUT2D eigenvalue weighted by atomic mass is 9.53. The van der Waals surface area contributed by atoms with Gasteiger partial charge >= 0.3 is 0 Å². The Morgan fingerprint density at radius 1 is 1.03 bits per heavy atom. The van der Waals surface area contributed by atoms with Gasteiger partial charge in [-0.15, -0.1) is 11.8 Å². The van der Waals surface area contributed by atoms with Crippen molar-refractivity contribution in [3.05, 3.63) is 58.6 Å². The largest absolute Gasteiger partial charge is 0.350 e. The fraction of sp³-hybridized carbons (Fsp3) is 0.462. The minimum absolute atomic E-state index is 0.0218. The topological polar surface area (TPSA) is 58.2 Å². The molecule has 32 heavy (non-hydrogen) atoms. The predicted octanol–water partition coefficient (Wildman–Crippen LogP) is 6.08. The molecular weight excluding hydrogens is 440 g/mol. The Balaban J connectivity index is 1.22. The zero-order valence-corrected chi connectivity index (χ0v) is 19.9. The summed E-state index contributed by atoms with van der Waals surface area (Å²) in [6, 6.07) is 12.9. The van der Waals surface area contributed by atoms with E-state index in [-0.39, 0.29) is 17.4 Å². The summed E-state index contributed by atoms with van der Waals surface area (Å²) in [4.78, 5) is 26.6. The fourth-order valence-electron chi connectivity index (χ4n) is 6.39. The van der Waals surface area contributed by atoms with Gasteiger partial charge < -0.3 is 10.6 Å². The number of anilines is 1. The van der Waals surface area contributed by atoms with Crippen molar-refractivity contribution >= 4 is 40.9 Å². The van der Waals surface area contributed by atoms with E-state index >= 15 is 0 Å². The van der Waals surface area contributed by atoms with E-state index in [9.17, 15) is 9.59 Å². The molecule has 4 bridgehead atoms. The second-order valence-electron chi connectivity index (χ2n) is 9.95. The van der Waals surface area contributed by atoms with Crippen molar-refractivity contribution in [3.8, 4) is 0 Å². The summed E-state index contributed by atoms with van der Waals surface area (Å²) in [6.45, 7) is 1.92. The number of aryl methyl sites for hydroxylation is 1. The Morgan fingerprint density at radius 3 is 2.34 bits per heavy atom. The van der Waals surface area contributed by atoms with Crippen LogP contribution in [-0.4, -0.2) is 23.1 Å². The molecule has 0 aromatic heterocycles. The smallest absolute Gasteiger partial charge is 0.256 e. The monoisotopic (exact) mass is 468 g/mol. The van der Waals surface area contributed by atoms with Crippen LogP contribution in [0.25, 0.3) is 0 Å². The Bertz CT molecular complexity index is 1020. The van der Waals surface area contributed by atoms with E-state index in [1.54, 1.807) is 12.1 Å². The SMILES string of the molecule is Cc1ccc(NC(=O)c2ccccc2SCC(=O)NC23CC4CC(CC(C4)C2)C3)cc1Cl. The molecule has 0 radical (unpaired) electrons. The lowest BCUT2D eigenvalue weighted by Crippen LogP contribution is -2.60. The third kappa shape index (κ3) is 4.55. The van der Waals surface area contributed by atoms with E-state index in [0.29, 0.717) is 22.0 Å². The van der Waals surface area contributed by atoms with Crippen LogP contribution in [0.4, 0.5) is 5.69 Å². The van der Waals surface area contributed by atoms with Gasteiger partial charge in [0.05, 0.1) is 11.3 Å². The number of rotatable bonds is 6. The second-order valence-corrected chi connectivity index (χ2v) is 11.4. The van der Waals surface area contributed by atoms with Crippen molar-refractivity contribution in [1.82, 2.24) is 5.32 Å². The van der Waals surface area contributed by atoms with E-state index in [4.69, 9.17) is 11.6 Å². The van der Waals surface area contributed by atoms with Crippen molar-refractivity contribution < 1.29 is 9.59 Å². The normalized spacial score (nSPS) is 27.9. The lowest BCUT2D eigenvalue weighted by Gasteiger charge is -2.56. The third-order valence-corrected chi connectivity index (χ3v) is 8.84. The van der Waals surface area contributed by atoms with E-state index in [1.807, 2.05) is 37.3 Å². The van der Waals surface area contributed by atoms with Gasteiger partial charge in [0.1, 0.15) is 0 Å². The summed E-state index contributed by atoms with van der Waals surface area (Å²) >= 11 is 7.62. The van der Waals surface area contributed by atoms with Crippen molar-refractivity contribution in [1.29, 1.82) is 0 Å². The number of carbonyl (C=O) groups is 2. The van der Waals surface area contributed by atoms with Crippen molar-refractivity contribution in [2.45, 2.75) is 55.9 Å². The first-order chi connectivity index (χ1) is 15.4. The average Bonchev–Trinajstić information content (AvgIpc) is 2.74. The van der Waals surface area contributed by atoms with Crippen LogP contribution in [-0.2, 0) is 4.79 Å². The summed E-state index contributed by atoms with van der Waals surface area (Å²) in [6.07, 6.45) is 7.52. The number of halogens is 1. The summed E-state index contributed by atoms with van der Waals surface area (Å²) in [5.74, 6) is 2.60. The maximum Gasteiger partial charge on any atom is 0.256 e. The highest BCUT2D eigenvalue weighted by molar-refractivity contribution is 8.00. The number of thioether (sulfide) groups is 1. The van der Waals surface area contributed by atoms with Gasteiger partial charge in [0, 0.05) is 21.1 Å². The van der Waals surface area contributed by atoms with Crippen LogP contribution >= 0.6 is 23.4 Å². The van der Waals surface area contributed by atoms with Gasteiger partial charge in [-0.25, -0.2) is 0 Å². The van der Waals surface area contributed by atoms with Gasteiger partial charge in [0.25, 0.3) is 5.91 Å². The summed E-state index contributed by atoms with van der Waals surface area (Å²) in [7, 11) is 0. The zero-order valence-electron chi connectivity index (χ0n) is 18.3. The molecule has 0 atom stereocenters. The quantitative estimate of drug-likeness (QED) is 0.505. The highest BCUT2D eigenvalue weighted by Crippen LogP contribution is 2.55. The van der Waals surface area contributed by atoms with Crippen LogP contribution in [0.1, 0.15) is 54.4 Å². The van der Waals surface area contributed by atoms with Gasteiger partial charge in [-0.3, -0.25) is 9.59 Å². The minimum atomic E-state index is -0.200. The molecule has 0 unspecified atom stereocenters. The highest BCUT2D eigenvalue weighted by atomic mass is 35.5. The van der Waals surface area contributed by atoms with Gasteiger partial charge in [-0.1, -0.05) is 29.8 Å². The molecule has 4 aliphatic carbocycles. The molecule has 0 heterocycles. The highest BCUT2D eigenvalue weighted by Gasteiger charge is 2.51. The number of carbonyl (C=O) groups excluding carboxylic acids is 2. The first-order valence-corrected chi connectivity index (χ1v) is 12.9. The van der Waals surface area contributed by atoms with Crippen LogP contribution in [0.2, 0.25) is 5.02 Å². The molecule has 2 aromatic carbocycles. The molecule has 6 rings (SSSR count). The van der Waals surface area contributed by atoms with Crippen LogP contribution in [0.5, 0.6) is 0 Å². The molecule has 168 valence electrons. The van der Waals surface area contributed by atoms with Gasteiger partial charge in [0.15, 0.2) is 0 Å². The Kier molecular flexibility index (Phi) is 5.98. The molecular formula is C26H29ClN2O2S. The molecule has 4 aliphatic rings. The van der Waals surface area contributed by atoms with E-state index in [2.05, 4.69) is 10.6 Å². The second kappa shape index (κ2) is 8.75. The number of amides is 2. The number of benzene rings is 2. The molecule has 4 saturated carbocycles. The van der Waals surface area contributed by atoms with Crippen molar-refractivity contribution in [3.63, 3.8) is 0 Å². The molecule has 0 aliphatic heterocycles. The number of hydrogen-bond donors (Lipinski definition) is 2. The minimum Gasteiger partial charge on any atom is -0.350 e. The Morgan fingerprint density at radius 2 is 1.69 bits per heavy atom. The third-order valence-electron chi connectivity index (χ3n) is 7.36. The van der Waals surface area contributed by atoms with Crippen LogP contribution in [0, 0.1) is 24.7 Å². The summed E-state index contributed by atoms with van der Waals surface area (Å²) < 4.78 is 0. The summed E-state index contributed by atoms with van der Waals surface area (Å²) in [5.41, 5.74) is 2.21. The van der Waals surface area contributed by atoms with Gasteiger partial charge in [-0.2, -0.15) is 0 Å². The Labute approximate surface area is 198 Å². The van der Waals surface area contributed by atoms with E-state index in [1.165, 1.54) is 31.0 Å². The lowest BCUT2D eigenvalue weighted by molar-refractivity contribution is -0.124. The van der Waals surface area contributed by atoms with Crippen molar-refractivity contribution in [2.75, 3.05) is 11.1 Å². The Hall–Kier alpha value is -1.98. The molecule has 2 aromatic rings. The molecule has 0 saturated heterocycles. The zero-order chi connectivity index (χ0) is 22.3. The van der Waals surface area contributed by atoms with E-state index in [0.717, 1.165) is 47.5 Å². The first-order valence-electron chi connectivity index (χ1n) is 11.5. The molecule has 4 nitrogen and oxygen atoms in total. The predicted molar refractivity (Wildman–Crippen MR) is 130 cm³/mol.